The number of nitrogens with one attached hydrogen (secondary N) is 1. The van der Waals surface area contributed by atoms with Crippen molar-refractivity contribution in [3.8, 4) is 5.82 Å². The van der Waals surface area contributed by atoms with Crippen molar-refractivity contribution < 1.29 is 22.4 Å². The highest BCUT2D eigenvalue weighted by Crippen LogP contribution is 2.33. The first-order chi connectivity index (χ1) is 14.2. The molecule has 0 aliphatic heterocycles. The second-order valence-corrected chi connectivity index (χ2v) is 6.67. The van der Waals surface area contributed by atoms with Crippen LogP contribution in [0.5, 0.6) is 0 Å². The van der Waals surface area contributed by atoms with Crippen LogP contribution < -0.4 is 5.32 Å². The third-order valence-electron chi connectivity index (χ3n) is 4.35. The quantitative estimate of drug-likeness (QED) is 0.434. The largest absolute Gasteiger partial charge is 0.417 e. The fourth-order valence-corrected chi connectivity index (χ4v) is 3.20. The van der Waals surface area contributed by atoms with E-state index in [4.69, 9.17) is 11.6 Å². The van der Waals surface area contributed by atoms with E-state index < -0.39 is 29.0 Å². The van der Waals surface area contributed by atoms with Gasteiger partial charge in [0.1, 0.15) is 5.82 Å². The molecule has 0 spiro atoms. The molecule has 1 amide bonds. The number of aromatic nitrogens is 3. The molecule has 10 heteroatoms. The average Bonchev–Trinajstić information content (AvgIpc) is 3.16. The Bertz CT molecular complexity index is 1270. The predicted octanol–water partition coefficient (Wildman–Crippen LogP) is 5.48. The van der Waals surface area contributed by atoms with Crippen LogP contribution in [0.1, 0.15) is 15.9 Å². The lowest BCUT2D eigenvalue weighted by Gasteiger charge is -2.12. The van der Waals surface area contributed by atoms with Gasteiger partial charge in [0.2, 0.25) is 0 Å². The number of anilines is 1. The molecule has 4 aromatic rings. The van der Waals surface area contributed by atoms with Gasteiger partial charge in [0.25, 0.3) is 5.91 Å². The SMILES string of the molecule is O=C(Nc1ccn(-c2nnc(Cl)c3ccccc23)c1)c1ccc(F)cc1C(F)(F)F. The van der Waals surface area contributed by atoms with Gasteiger partial charge < -0.3 is 9.88 Å². The molecule has 5 nitrogen and oxygen atoms in total. The Morgan fingerprint density at radius 2 is 1.77 bits per heavy atom. The summed E-state index contributed by atoms with van der Waals surface area (Å²) in [6.45, 7) is 0. The summed E-state index contributed by atoms with van der Waals surface area (Å²) in [5, 5.41) is 11.9. The molecule has 2 aromatic carbocycles. The minimum atomic E-state index is -4.88. The Morgan fingerprint density at radius 1 is 1.03 bits per heavy atom. The van der Waals surface area contributed by atoms with Crippen molar-refractivity contribution >= 4 is 34.0 Å². The first-order valence-electron chi connectivity index (χ1n) is 8.51. The third kappa shape index (κ3) is 3.71. The van der Waals surface area contributed by atoms with Crippen molar-refractivity contribution in [2.45, 2.75) is 6.18 Å². The molecule has 0 aliphatic rings. The number of amides is 1. The van der Waals surface area contributed by atoms with Gasteiger partial charge in [-0.25, -0.2) is 4.39 Å². The number of nitrogens with zero attached hydrogens (tertiary/aromatic N) is 3. The molecular weight excluding hydrogens is 424 g/mol. The fourth-order valence-electron chi connectivity index (χ4n) is 3.00. The fraction of sp³-hybridized carbons (Fsp3) is 0.0500. The van der Waals surface area contributed by atoms with E-state index in [-0.39, 0.29) is 16.9 Å². The van der Waals surface area contributed by atoms with Gasteiger partial charge in [0.05, 0.1) is 16.8 Å². The van der Waals surface area contributed by atoms with E-state index in [0.29, 0.717) is 16.6 Å². The Kier molecular flexibility index (Phi) is 4.90. The van der Waals surface area contributed by atoms with Crippen molar-refractivity contribution in [3.05, 3.63) is 83.0 Å². The number of hydrogen-bond donors (Lipinski definition) is 1. The molecular formula is C20H11ClF4N4O. The third-order valence-corrected chi connectivity index (χ3v) is 4.63. The van der Waals surface area contributed by atoms with Crippen LogP contribution in [0, 0.1) is 5.82 Å². The average molecular weight is 435 g/mol. The lowest BCUT2D eigenvalue weighted by molar-refractivity contribution is -0.138. The maximum atomic E-state index is 13.3. The van der Waals surface area contributed by atoms with Crippen LogP contribution in [0.4, 0.5) is 23.2 Å². The summed E-state index contributed by atoms with van der Waals surface area (Å²) in [5.41, 5.74) is -1.82. The van der Waals surface area contributed by atoms with Crippen LogP contribution in [0.3, 0.4) is 0 Å². The highest BCUT2D eigenvalue weighted by Gasteiger charge is 2.35. The Hall–Kier alpha value is -3.46. The second kappa shape index (κ2) is 7.42. The first kappa shape index (κ1) is 19.8. The molecule has 0 unspecified atom stereocenters. The lowest BCUT2D eigenvalue weighted by atomic mass is 10.1. The molecule has 152 valence electrons. The zero-order valence-corrected chi connectivity index (χ0v) is 15.7. The second-order valence-electron chi connectivity index (χ2n) is 6.31. The van der Waals surface area contributed by atoms with Crippen molar-refractivity contribution in [3.63, 3.8) is 0 Å². The van der Waals surface area contributed by atoms with Crippen LogP contribution in [0.25, 0.3) is 16.6 Å². The van der Waals surface area contributed by atoms with Crippen LogP contribution in [-0.2, 0) is 6.18 Å². The molecule has 0 saturated heterocycles. The minimum absolute atomic E-state index is 0.221. The molecule has 2 aromatic heterocycles. The summed E-state index contributed by atoms with van der Waals surface area (Å²) >= 11 is 6.06. The number of benzene rings is 2. The van der Waals surface area contributed by atoms with Gasteiger partial charge in [0.15, 0.2) is 11.0 Å². The number of rotatable bonds is 3. The molecule has 0 saturated carbocycles. The molecule has 0 radical (unpaired) electrons. The van der Waals surface area contributed by atoms with Gasteiger partial charge in [-0.3, -0.25) is 4.79 Å². The smallest absolute Gasteiger partial charge is 0.321 e. The van der Waals surface area contributed by atoms with E-state index in [0.717, 1.165) is 12.1 Å². The predicted molar refractivity (Wildman–Crippen MR) is 103 cm³/mol. The summed E-state index contributed by atoms with van der Waals surface area (Å²) in [6.07, 6.45) is -1.84. The molecule has 0 fully saturated rings. The summed E-state index contributed by atoms with van der Waals surface area (Å²) in [4.78, 5) is 12.4. The summed E-state index contributed by atoms with van der Waals surface area (Å²) in [7, 11) is 0. The molecule has 2 heterocycles. The number of carbonyl (C=O) groups is 1. The minimum Gasteiger partial charge on any atom is -0.321 e. The molecule has 0 bridgehead atoms. The Morgan fingerprint density at radius 3 is 2.50 bits per heavy atom. The van der Waals surface area contributed by atoms with Crippen molar-refractivity contribution in [2.75, 3.05) is 5.32 Å². The van der Waals surface area contributed by atoms with Crippen molar-refractivity contribution in [1.82, 2.24) is 14.8 Å². The number of fused-ring (bicyclic) bond motifs is 1. The molecule has 0 aliphatic carbocycles. The molecule has 0 atom stereocenters. The monoisotopic (exact) mass is 434 g/mol. The summed E-state index contributed by atoms with van der Waals surface area (Å²) < 4.78 is 54.3. The maximum absolute atomic E-state index is 13.3. The lowest BCUT2D eigenvalue weighted by Crippen LogP contribution is -2.18. The zero-order chi connectivity index (χ0) is 21.5. The molecule has 1 N–H and O–H groups in total. The van der Waals surface area contributed by atoms with E-state index in [1.165, 1.54) is 12.3 Å². The maximum Gasteiger partial charge on any atom is 0.417 e. The van der Waals surface area contributed by atoms with Crippen LogP contribution in [0.2, 0.25) is 5.15 Å². The molecule has 30 heavy (non-hydrogen) atoms. The highest BCUT2D eigenvalue weighted by molar-refractivity contribution is 6.34. The number of alkyl halides is 3. The van der Waals surface area contributed by atoms with Crippen molar-refractivity contribution in [1.29, 1.82) is 0 Å². The van der Waals surface area contributed by atoms with Gasteiger partial charge >= 0.3 is 6.18 Å². The number of halogens is 5. The van der Waals surface area contributed by atoms with E-state index in [9.17, 15) is 22.4 Å². The summed E-state index contributed by atoms with van der Waals surface area (Å²) in [5.74, 6) is -1.68. The van der Waals surface area contributed by atoms with Gasteiger partial charge in [-0.2, -0.15) is 13.2 Å². The Labute approximate surface area is 171 Å². The topological polar surface area (TPSA) is 59.8 Å². The molecule has 4 rings (SSSR count). The highest BCUT2D eigenvalue weighted by atomic mass is 35.5. The van der Waals surface area contributed by atoms with E-state index in [1.807, 2.05) is 0 Å². The van der Waals surface area contributed by atoms with Gasteiger partial charge in [-0.1, -0.05) is 35.9 Å². The van der Waals surface area contributed by atoms with Crippen molar-refractivity contribution in [2.24, 2.45) is 0 Å². The standard InChI is InChI=1S/C20H11ClF4N4O/c21-17-13-3-1-2-4-14(13)18(28-27-17)29-8-7-12(10-29)26-19(30)15-6-5-11(22)9-16(15)20(23,24)25/h1-10H,(H,26,30). The van der Waals surface area contributed by atoms with E-state index >= 15 is 0 Å². The van der Waals surface area contributed by atoms with Crippen LogP contribution in [-0.4, -0.2) is 20.7 Å². The van der Waals surface area contributed by atoms with E-state index in [2.05, 4.69) is 15.5 Å². The first-order valence-corrected chi connectivity index (χ1v) is 8.89. The summed E-state index contributed by atoms with van der Waals surface area (Å²) in [6, 6.07) is 10.5. The number of hydrogen-bond acceptors (Lipinski definition) is 3. The number of carbonyl (C=O) groups excluding carboxylic acids is 1. The van der Waals surface area contributed by atoms with E-state index in [1.54, 1.807) is 35.0 Å². The van der Waals surface area contributed by atoms with Gasteiger partial charge in [0, 0.05) is 23.2 Å². The van der Waals surface area contributed by atoms with Crippen LogP contribution in [0.15, 0.2) is 60.9 Å². The normalized spacial score (nSPS) is 11.6. The van der Waals surface area contributed by atoms with Gasteiger partial charge in [-0.05, 0) is 24.3 Å². The zero-order valence-electron chi connectivity index (χ0n) is 14.9. The van der Waals surface area contributed by atoms with Crippen LogP contribution >= 0.6 is 11.6 Å². The Balaban J connectivity index is 1.66. The van der Waals surface area contributed by atoms with Gasteiger partial charge in [-0.15, -0.1) is 10.2 Å².